The molecule has 1 atom stereocenters. The molecule has 0 aliphatic carbocycles. The van der Waals surface area contributed by atoms with Gasteiger partial charge < -0.3 is 9.64 Å². The highest BCUT2D eigenvalue weighted by Crippen LogP contribution is 2.27. The lowest BCUT2D eigenvalue weighted by Gasteiger charge is -2.42. The highest BCUT2D eigenvalue weighted by Gasteiger charge is 2.28. The molecule has 180 valence electrons. The third-order valence-corrected chi connectivity index (χ3v) is 6.94. The van der Waals surface area contributed by atoms with E-state index in [0.29, 0.717) is 12.6 Å². The molecule has 4 nitrogen and oxygen atoms in total. The summed E-state index contributed by atoms with van der Waals surface area (Å²) in [6.07, 6.45) is 0. The molecule has 34 heavy (non-hydrogen) atoms. The number of rotatable bonds is 11. The normalized spacial score (nSPS) is 17.2. The number of hydrogen-bond donors (Lipinski definition) is 0. The van der Waals surface area contributed by atoms with Gasteiger partial charge in [-0.15, -0.1) is 0 Å². The van der Waals surface area contributed by atoms with Crippen molar-refractivity contribution in [3.8, 4) is 5.75 Å². The number of benzene rings is 3. The van der Waals surface area contributed by atoms with Crippen LogP contribution in [0.15, 0.2) is 84.9 Å². The van der Waals surface area contributed by atoms with Gasteiger partial charge in [-0.05, 0) is 41.9 Å². The fourth-order valence-electron chi connectivity index (χ4n) is 4.75. The molecule has 0 radical (unpaired) electrons. The molecule has 0 bridgehead atoms. The second-order valence-corrected chi connectivity index (χ2v) is 9.14. The van der Waals surface area contributed by atoms with Crippen LogP contribution in [0.1, 0.15) is 36.6 Å². The molecule has 1 heterocycles. The Morgan fingerprint density at radius 2 is 1.47 bits per heavy atom. The molecule has 0 N–H and O–H groups in total. The van der Waals surface area contributed by atoms with E-state index >= 15 is 0 Å². The van der Waals surface area contributed by atoms with E-state index in [2.05, 4.69) is 95.3 Å². The van der Waals surface area contributed by atoms with Crippen LogP contribution in [0.3, 0.4) is 0 Å². The van der Waals surface area contributed by atoms with Gasteiger partial charge in [0.15, 0.2) is 0 Å². The summed E-state index contributed by atoms with van der Waals surface area (Å²) in [5.41, 5.74) is 3.94. The fourth-order valence-corrected chi connectivity index (χ4v) is 4.75. The zero-order valence-corrected chi connectivity index (χ0v) is 20.8. The van der Waals surface area contributed by atoms with E-state index in [9.17, 15) is 0 Å². The molecule has 1 aliphatic heterocycles. The quantitative estimate of drug-likeness (QED) is 0.380. The summed E-state index contributed by atoms with van der Waals surface area (Å²) in [6.45, 7) is 13.9. The van der Waals surface area contributed by atoms with E-state index in [1.165, 1.54) is 16.7 Å². The van der Waals surface area contributed by atoms with Crippen molar-refractivity contribution in [3.63, 3.8) is 0 Å². The Hall–Kier alpha value is -2.66. The van der Waals surface area contributed by atoms with Crippen molar-refractivity contribution in [2.75, 3.05) is 45.8 Å². The number of nitrogens with zero attached hydrogens (tertiary/aromatic N) is 3. The van der Waals surface area contributed by atoms with Gasteiger partial charge in [-0.25, -0.2) is 0 Å². The molecule has 0 aromatic heterocycles. The second-order valence-electron chi connectivity index (χ2n) is 9.14. The predicted octanol–water partition coefficient (Wildman–Crippen LogP) is 5.47. The molecule has 4 rings (SSSR count). The molecule has 3 aromatic carbocycles. The first-order valence-corrected chi connectivity index (χ1v) is 12.7. The summed E-state index contributed by atoms with van der Waals surface area (Å²) in [6, 6.07) is 30.4. The van der Waals surface area contributed by atoms with Crippen LogP contribution in [0.2, 0.25) is 0 Å². The zero-order valence-electron chi connectivity index (χ0n) is 20.8. The maximum absolute atomic E-state index is 5.98. The molecule has 0 spiro atoms. The summed E-state index contributed by atoms with van der Waals surface area (Å²) in [5, 5.41) is 0. The smallest absolute Gasteiger partial charge is 0.119 e. The molecule has 1 saturated heterocycles. The van der Waals surface area contributed by atoms with Crippen LogP contribution in [0.4, 0.5) is 0 Å². The summed E-state index contributed by atoms with van der Waals surface area (Å²) < 4.78 is 5.98. The Morgan fingerprint density at radius 3 is 2.15 bits per heavy atom. The molecular weight excluding hydrogens is 418 g/mol. The van der Waals surface area contributed by atoms with E-state index in [1.54, 1.807) is 0 Å². The summed E-state index contributed by atoms with van der Waals surface area (Å²) in [5.74, 6) is 0.924. The molecule has 1 fully saturated rings. The van der Waals surface area contributed by atoms with Gasteiger partial charge in [-0.2, -0.15) is 0 Å². The van der Waals surface area contributed by atoms with E-state index in [0.717, 1.165) is 58.1 Å². The van der Waals surface area contributed by atoms with Crippen molar-refractivity contribution in [1.29, 1.82) is 0 Å². The highest BCUT2D eigenvalue weighted by molar-refractivity contribution is 5.28. The van der Waals surface area contributed by atoms with E-state index in [4.69, 9.17) is 4.74 Å². The van der Waals surface area contributed by atoms with Gasteiger partial charge >= 0.3 is 0 Å². The molecule has 4 heteroatoms. The Bertz CT molecular complexity index is 957. The summed E-state index contributed by atoms with van der Waals surface area (Å²) in [4.78, 5) is 7.81. The third kappa shape index (κ3) is 6.92. The van der Waals surface area contributed by atoms with E-state index < -0.39 is 0 Å². The van der Waals surface area contributed by atoms with Gasteiger partial charge in [-0.1, -0.05) is 86.6 Å². The van der Waals surface area contributed by atoms with Crippen molar-refractivity contribution in [2.24, 2.45) is 0 Å². The van der Waals surface area contributed by atoms with Crippen LogP contribution in [-0.2, 0) is 13.2 Å². The van der Waals surface area contributed by atoms with Gasteiger partial charge in [0.2, 0.25) is 0 Å². The minimum absolute atomic E-state index is 0.417. The average Bonchev–Trinajstić information content (AvgIpc) is 2.90. The molecule has 1 aliphatic rings. The van der Waals surface area contributed by atoms with Gasteiger partial charge in [0.1, 0.15) is 12.4 Å². The van der Waals surface area contributed by atoms with Gasteiger partial charge in [0, 0.05) is 45.3 Å². The SMILES string of the molecule is CCN(CC)CCN1CCN(Cc2ccc(OCc3ccccc3)cc2)C(c2ccccc2)C1. The number of piperazine rings is 1. The Morgan fingerprint density at radius 1 is 0.794 bits per heavy atom. The van der Waals surface area contributed by atoms with Crippen LogP contribution in [-0.4, -0.2) is 60.5 Å². The Balaban J connectivity index is 1.37. The monoisotopic (exact) mass is 457 g/mol. The van der Waals surface area contributed by atoms with Crippen molar-refractivity contribution in [1.82, 2.24) is 14.7 Å². The number of ether oxygens (including phenoxy) is 1. The fraction of sp³-hybridized carbons (Fsp3) is 0.400. The van der Waals surface area contributed by atoms with Crippen LogP contribution in [0.25, 0.3) is 0 Å². The van der Waals surface area contributed by atoms with Crippen molar-refractivity contribution in [3.05, 3.63) is 102 Å². The minimum Gasteiger partial charge on any atom is -0.489 e. The molecule has 1 unspecified atom stereocenters. The van der Waals surface area contributed by atoms with E-state index in [1.807, 2.05) is 18.2 Å². The summed E-state index contributed by atoms with van der Waals surface area (Å²) >= 11 is 0. The zero-order chi connectivity index (χ0) is 23.6. The third-order valence-electron chi connectivity index (χ3n) is 6.94. The van der Waals surface area contributed by atoms with Crippen molar-refractivity contribution in [2.45, 2.75) is 33.0 Å². The molecule has 3 aromatic rings. The Kier molecular flexibility index (Phi) is 9.14. The topological polar surface area (TPSA) is 19.0 Å². The molecule has 0 amide bonds. The number of hydrogen-bond acceptors (Lipinski definition) is 4. The van der Waals surface area contributed by atoms with Crippen LogP contribution < -0.4 is 4.74 Å². The maximum Gasteiger partial charge on any atom is 0.119 e. The lowest BCUT2D eigenvalue weighted by molar-refractivity contribution is 0.0620. The lowest BCUT2D eigenvalue weighted by Crippen LogP contribution is -2.49. The van der Waals surface area contributed by atoms with Crippen molar-refractivity contribution >= 4 is 0 Å². The lowest BCUT2D eigenvalue weighted by atomic mass is 10.0. The first-order chi connectivity index (χ1) is 16.7. The molecule has 0 saturated carbocycles. The van der Waals surface area contributed by atoms with Crippen molar-refractivity contribution < 1.29 is 4.74 Å². The Labute approximate surface area is 205 Å². The maximum atomic E-state index is 5.98. The van der Waals surface area contributed by atoms with Gasteiger partial charge in [-0.3, -0.25) is 9.80 Å². The second kappa shape index (κ2) is 12.7. The highest BCUT2D eigenvalue weighted by atomic mass is 16.5. The van der Waals surface area contributed by atoms with Gasteiger partial charge in [0.25, 0.3) is 0 Å². The summed E-state index contributed by atoms with van der Waals surface area (Å²) in [7, 11) is 0. The minimum atomic E-state index is 0.417. The predicted molar refractivity (Wildman–Crippen MR) is 141 cm³/mol. The first kappa shape index (κ1) is 24.5. The first-order valence-electron chi connectivity index (χ1n) is 12.7. The van der Waals surface area contributed by atoms with Gasteiger partial charge in [0.05, 0.1) is 0 Å². The van der Waals surface area contributed by atoms with Crippen LogP contribution in [0.5, 0.6) is 5.75 Å². The standard InChI is InChI=1S/C30H39N3O/c1-3-31(4-2)19-20-32-21-22-33(30(24-32)28-13-9-6-10-14-28)23-26-15-17-29(18-16-26)34-25-27-11-7-5-8-12-27/h5-18,30H,3-4,19-25H2,1-2H3. The van der Waals surface area contributed by atoms with Crippen LogP contribution >= 0.6 is 0 Å². The van der Waals surface area contributed by atoms with Crippen LogP contribution in [0, 0.1) is 0 Å². The largest absolute Gasteiger partial charge is 0.489 e. The molecular formula is C30H39N3O. The number of likely N-dealkylation sites (N-methyl/N-ethyl adjacent to an activating group) is 1. The average molecular weight is 458 g/mol. The van der Waals surface area contributed by atoms with E-state index in [-0.39, 0.29) is 0 Å².